The molecule has 4 nitrogen and oxygen atoms in total. The molecule has 23 heavy (non-hydrogen) atoms. The number of nitrogens with one attached hydrogen (secondary N) is 1. The maximum Gasteiger partial charge on any atom is 0.255 e. The van der Waals surface area contributed by atoms with Gasteiger partial charge in [-0.05, 0) is 61.1 Å². The van der Waals surface area contributed by atoms with Crippen molar-refractivity contribution in [2.45, 2.75) is 20.3 Å². The Balaban J connectivity index is 2.01. The molecule has 0 aliphatic rings. The number of carbonyl (C=O) groups is 1. The van der Waals surface area contributed by atoms with Gasteiger partial charge in [0.2, 0.25) is 0 Å². The Hall–Kier alpha value is -1.59. The third-order valence-electron chi connectivity index (χ3n) is 3.99. The number of amides is 1. The molecule has 2 N–H and O–H groups in total. The van der Waals surface area contributed by atoms with Crippen molar-refractivity contribution < 1.29 is 9.90 Å². The van der Waals surface area contributed by atoms with E-state index in [2.05, 4.69) is 40.0 Å². The van der Waals surface area contributed by atoms with E-state index >= 15 is 0 Å². The SMILES string of the molecule is CCN(CC)CCCNC(=O)c1cc2cc(Br)ccc2cc1O. The van der Waals surface area contributed by atoms with Gasteiger partial charge in [-0.1, -0.05) is 35.8 Å². The number of carbonyl (C=O) groups excluding carboxylic acids is 1. The minimum absolute atomic E-state index is 0.0149. The van der Waals surface area contributed by atoms with Gasteiger partial charge in [0.1, 0.15) is 5.75 Å². The predicted octanol–water partition coefficient (Wildman–Crippen LogP) is 3.77. The first-order chi connectivity index (χ1) is 11.0. The minimum atomic E-state index is -0.232. The molecule has 0 fully saturated rings. The van der Waals surface area contributed by atoms with E-state index in [1.165, 1.54) is 0 Å². The van der Waals surface area contributed by atoms with Crippen LogP contribution in [0.25, 0.3) is 10.8 Å². The lowest BCUT2D eigenvalue weighted by molar-refractivity contribution is 0.0949. The van der Waals surface area contributed by atoms with Gasteiger partial charge in [0.25, 0.3) is 5.91 Å². The summed E-state index contributed by atoms with van der Waals surface area (Å²) in [5, 5.41) is 14.8. The second kappa shape index (κ2) is 8.31. The van der Waals surface area contributed by atoms with Crippen LogP contribution in [0.5, 0.6) is 5.75 Å². The zero-order valence-electron chi connectivity index (χ0n) is 13.6. The highest BCUT2D eigenvalue weighted by atomic mass is 79.9. The molecule has 2 aromatic rings. The van der Waals surface area contributed by atoms with Crippen molar-refractivity contribution >= 4 is 32.6 Å². The molecule has 0 unspecified atom stereocenters. The molecule has 0 bridgehead atoms. The van der Waals surface area contributed by atoms with E-state index in [4.69, 9.17) is 0 Å². The van der Waals surface area contributed by atoms with Crippen LogP contribution >= 0.6 is 15.9 Å². The van der Waals surface area contributed by atoms with Gasteiger partial charge in [0.15, 0.2) is 0 Å². The average molecular weight is 379 g/mol. The van der Waals surface area contributed by atoms with E-state index in [0.717, 1.165) is 41.3 Å². The number of hydrogen-bond donors (Lipinski definition) is 2. The van der Waals surface area contributed by atoms with Gasteiger partial charge in [-0.15, -0.1) is 0 Å². The van der Waals surface area contributed by atoms with Crippen molar-refractivity contribution in [1.29, 1.82) is 0 Å². The van der Waals surface area contributed by atoms with Crippen LogP contribution in [0.1, 0.15) is 30.6 Å². The molecule has 0 saturated heterocycles. The molecule has 5 heteroatoms. The van der Waals surface area contributed by atoms with Crippen LogP contribution in [0.2, 0.25) is 0 Å². The Morgan fingerprint density at radius 2 is 1.91 bits per heavy atom. The van der Waals surface area contributed by atoms with Crippen LogP contribution < -0.4 is 5.32 Å². The van der Waals surface area contributed by atoms with Crippen molar-refractivity contribution in [1.82, 2.24) is 10.2 Å². The maximum atomic E-state index is 12.3. The summed E-state index contributed by atoms with van der Waals surface area (Å²) in [6.07, 6.45) is 0.896. The molecule has 0 radical (unpaired) electrons. The fourth-order valence-electron chi connectivity index (χ4n) is 2.58. The van der Waals surface area contributed by atoms with Crippen molar-refractivity contribution in [3.63, 3.8) is 0 Å². The number of nitrogens with zero attached hydrogens (tertiary/aromatic N) is 1. The number of fused-ring (bicyclic) bond motifs is 1. The highest BCUT2D eigenvalue weighted by molar-refractivity contribution is 9.10. The first kappa shape index (κ1) is 17.8. The summed E-state index contributed by atoms with van der Waals surface area (Å²) in [5.41, 5.74) is 0.318. The van der Waals surface area contributed by atoms with Gasteiger partial charge >= 0.3 is 0 Å². The lowest BCUT2D eigenvalue weighted by Gasteiger charge is -2.17. The fourth-order valence-corrected chi connectivity index (χ4v) is 2.96. The molecule has 2 rings (SSSR count). The number of benzene rings is 2. The second-order valence-electron chi connectivity index (χ2n) is 5.50. The molecule has 0 atom stereocenters. The van der Waals surface area contributed by atoms with E-state index in [9.17, 15) is 9.90 Å². The van der Waals surface area contributed by atoms with Crippen LogP contribution in [0.15, 0.2) is 34.8 Å². The van der Waals surface area contributed by atoms with Gasteiger partial charge in [-0.2, -0.15) is 0 Å². The molecule has 2 aromatic carbocycles. The highest BCUT2D eigenvalue weighted by Gasteiger charge is 2.12. The normalized spacial score (nSPS) is 11.1. The number of phenols is 1. The lowest BCUT2D eigenvalue weighted by Crippen LogP contribution is -2.29. The van der Waals surface area contributed by atoms with Crippen LogP contribution in [0.4, 0.5) is 0 Å². The van der Waals surface area contributed by atoms with Crippen molar-refractivity contribution in [2.24, 2.45) is 0 Å². The zero-order valence-corrected chi connectivity index (χ0v) is 15.2. The van der Waals surface area contributed by atoms with E-state index in [-0.39, 0.29) is 11.7 Å². The fraction of sp³-hybridized carbons (Fsp3) is 0.389. The van der Waals surface area contributed by atoms with Crippen LogP contribution in [0.3, 0.4) is 0 Å². The Bertz CT molecular complexity index is 684. The van der Waals surface area contributed by atoms with Gasteiger partial charge in [-0.3, -0.25) is 4.79 Å². The topological polar surface area (TPSA) is 52.6 Å². The predicted molar refractivity (Wildman–Crippen MR) is 98.1 cm³/mol. The molecule has 0 aliphatic carbocycles. The second-order valence-corrected chi connectivity index (χ2v) is 6.41. The molecule has 0 heterocycles. The largest absolute Gasteiger partial charge is 0.507 e. The smallest absolute Gasteiger partial charge is 0.255 e. The summed E-state index contributed by atoms with van der Waals surface area (Å²) < 4.78 is 0.946. The zero-order chi connectivity index (χ0) is 16.8. The summed E-state index contributed by atoms with van der Waals surface area (Å²) in [7, 11) is 0. The molecular formula is C18H23BrN2O2. The van der Waals surface area contributed by atoms with Gasteiger partial charge in [0.05, 0.1) is 5.56 Å². The molecule has 0 aromatic heterocycles. The first-order valence-corrected chi connectivity index (χ1v) is 8.77. The van der Waals surface area contributed by atoms with E-state index in [1.807, 2.05) is 18.2 Å². The standard InChI is InChI=1S/C18H23BrN2O2/c1-3-21(4-2)9-5-8-20-18(23)16-11-14-10-15(19)7-6-13(14)12-17(16)22/h6-7,10-12,22H,3-5,8-9H2,1-2H3,(H,20,23). The van der Waals surface area contributed by atoms with E-state index < -0.39 is 0 Å². The first-order valence-electron chi connectivity index (χ1n) is 7.98. The number of phenolic OH excluding ortho intramolecular Hbond substituents is 1. The Kier molecular flexibility index (Phi) is 6.42. The highest BCUT2D eigenvalue weighted by Crippen LogP contribution is 2.27. The van der Waals surface area contributed by atoms with E-state index in [0.29, 0.717) is 12.1 Å². The molecule has 1 amide bonds. The summed E-state index contributed by atoms with van der Waals surface area (Å²) in [5.74, 6) is -0.218. The lowest BCUT2D eigenvalue weighted by atomic mass is 10.1. The Labute approximate surface area is 145 Å². The van der Waals surface area contributed by atoms with Crippen LogP contribution in [-0.4, -0.2) is 42.1 Å². The average Bonchev–Trinajstić information content (AvgIpc) is 2.54. The van der Waals surface area contributed by atoms with Crippen molar-refractivity contribution in [2.75, 3.05) is 26.2 Å². The molecule has 0 spiro atoms. The summed E-state index contributed by atoms with van der Waals surface area (Å²) in [4.78, 5) is 14.6. The number of rotatable bonds is 7. The van der Waals surface area contributed by atoms with E-state index in [1.54, 1.807) is 12.1 Å². The van der Waals surface area contributed by atoms with Gasteiger partial charge in [-0.25, -0.2) is 0 Å². The third-order valence-corrected chi connectivity index (χ3v) is 4.49. The van der Waals surface area contributed by atoms with Gasteiger partial charge < -0.3 is 15.3 Å². The number of halogens is 1. The molecule has 0 saturated carbocycles. The monoisotopic (exact) mass is 378 g/mol. The van der Waals surface area contributed by atoms with Crippen molar-refractivity contribution in [3.8, 4) is 5.75 Å². The minimum Gasteiger partial charge on any atom is -0.507 e. The Morgan fingerprint density at radius 1 is 1.17 bits per heavy atom. The van der Waals surface area contributed by atoms with Crippen molar-refractivity contribution in [3.05, 3.63) is 40.4 Å². The quantitative estimate of drug-likeness (QED) is 0.721. The summed E-state index contributed by atoms with van der Waals surface area (Å²) in [6, 6.07) is 9.12. The molecule has 124 valence electrons. The maximum absolute atomic E-state index is 12.3. The number of aromatic hydroxyl groups is 1. The van der Waals surface area contributed by atoms with Crippen LogP contribution in [-0.2, 0) is 0 Å². The molecule has 0 aliphatic heterocycles. The van der Waals surface area contributed by atoms with Gasteiger partial charge in [0, 0.05) is 11.0 Å². The van der Waals surface area contributed by atoms with Crippen LogP contribution in [0, 0.1) is 0 Å². The third kappa shape index (κ3) is 4.69. The molecular weight excluding hydrogens is 356 g/mol. The Morgan fingerprint density at radius 3 is 2.61 bits per heavy atom. The summed E-state index contributed by atoms with van der Waals surface area (Å²) in [6.45, 7) is 7.87. The summed E-state index contributed by atoms with van der Waals surface area (Å²) >= 11 is 3.42. The number of hydrogen-bond acceptors (Lipinski definition) is 3.